The molecule has 3 N–H and O–H groups in total. The van der Waals surface area contributed by atoms with Gasteiger partial charge < -0.3 is 20.5 Å². The summed E-state index contributed by atoms with van der Waals surface area (Å²) in [4.78, 5) is 34.9. The second-order valence-electron chi connectivity index (χ2n) is 8.36. The minimum absolute atomic E-state index is 0.000365. The van der Waals surface area contributed by atoms with Crippen molar-refractivity contribution in [3.05, 3.63) is 59.7 Å². The van der Waals surface area contributed by atoms with Crippen molar-refractivity contribution in [3.8, 4) is 11.1 Å². The molecule has 1 aliphatic carbocycles. The second-order valence-corrected chi connectivity index (χ2v) is 8.36. The number of hydrogen-bond acceptors (Lipinski definition) is 4. The van der Waals surface area contributed by atoms with Gasteiger partial charge in [-0.1, -0.05) is 48.5 Å². The van der Waals surface area contributed by atoms with Crippen molar-refractivity contribution in [2.75, 3.05) is 13.2 Å². The first-order valence-corrected chi connectivity index (χ1v) is 10.4. The lowest BCUT2D eigenvalue weighted by Gasteiger charge is -2.24. The van der Waals surface area contributed by atoms with Crippen LogP contribution in [0.25, 0.3) is 11.1 Å². The fourth-order valence-electron chi connectivity index (χ4n) is 3.95. The Morgan fingerprint density at radius 2 is 1.58 bits per heavy atom. The van der Waals surface area contributed by atoms with Crippen LogP contribution in [-0.2, 0) is 14.3 Å². The summed E-state index contributed by atoms with van der Waals surface area (Å²) >= 11 is 0. The van der Waals surface area contributed by atoms with E-state index in [-0.39, 0.29) is 31.3 Å². The number of carboxylic acid groups (broad SMARTS) is 1. The molecule has 164 valence electrons. The van der Waals surface area contributed by atoms with E-state index < -0.39 is 17.6 Å². The number of alkyl carbamates (subject to hydrolysis) is 1. The molecule has 2 amide bonds. The zero-order valence-electron chi connectivity index (χ0n) is 17.8. The number of amides is 2. The van der Waals surface area contributed by atoms with E-state index in [0.717, 1.165) is 11.1 Å². The zero-order valence-corrected chi connectivity index (χ0v) is 17.8. The largest absolute Gasteiger partial charge is 0.481 e. The molecule has 0 aromatic heterocycles. The molecule has 2 aromatic rings. The highest BCUT2D eigenvalue weighted by Gasteiger charge is 2.29. The van der Waals surface area contributed by atoms with E-state index in [0.29, 0.717) is 13.0 Å². The van der Waals surface area contributed by atoms with E-state index in [9.17, 15) is 14.4 Å². The third-order valence-electron chi connectivity index (χ3n) is 5.26. The molecule has 0 radical (unpaired) electrons. The topological polar surface area (TPSA) is 105 Å². The SMILES string of the molecule is CC(C)(CC(=O)O)NC(=O)CCCNC(=O)OCC1c2ccccc2-c2ccccc21. The van der Waals surface area contributed by atoms with E-state index in [1.165, 1.54) is 11.1 Å². The third kappa shape index (κ3) is 5.84. The van der Waals surface area contributed by atoms with Gasteiger partial charge >= 0.3 is 12.1 Å². The molecule has 0 fully saturated rings. The normalized spacial score (nSPS) is 12.6. The molecule has 0 spiro atoms. The van der Waals surface area contributed by atoms with E-state index in [4.69, 9.17) is 9.84 Å². The summed E-state index contributed by atoms with van der Waals surface area (Å²) in [5.74, 6) is -1.22. The maximum absolute atomic E-state index is 12.1. The Kier molecular flexibility index (Phi) is 6.95. The van der Waals surface area contributed by atoms with Crippen molar-refractivity contribution in [2.24, 2.45) is 0 Å². The van der Waals surface area contributed by atoms with Crippen LogP contribution in [0.15, 0.2) is 48.5 Å². The number of nitrogens with one attached hydrogen (secondary N) is 2. The highest BCUT2D eigenvalue weighted by molar-refractivity contribution is 5.79. The van der Waals surface area contributed by atoms with Crippen molar-refractivity contribution in [1.29, 1.82) is 0 Å². The van der Waals surface area contributed by atoms with Gasteiger partial charge in [0, 0.05) is 24.4 Å². The maximum Gasteiger partial charge on any atom is 0.407 e. The molecular weight excluding hydrogens is 396 g/mol. The van der Waals surface area contributed by atoms with Crippen molar-refractivity contribution in [2.45, 2.75) is 44.6 Å². The Morgan fingerprint density at radius 1 is 1.00 bits per heavy atom. The van der Waals surface area contributed by atoms with Gasteiger partial charge in [-0.05, 0) is 42.5 Å². The van der Waals surface area contributed by atoms with Gasteiger partial charge in [0.1, 0.15) is 6.61 Å². The van der Waals surface area contributed by atoms with Crippen LogP contribution < -0.4 is 10.6 Å². The van der Waals surface area contributed by atoms with Gasteiger partial charge in [0.2, 0.25) is 5.91 Å². The number of fused-ring (bicyclic) bond motifs is 3. The van der Waals surface area contributed by atoms with E-state index in [1.807, 2.05) is 24.3 Å². The lowest BCUT2D eigenvalue weighted by molar-refractivity contribution is -0.138. The second kappa shape index (κ2) is 9.64. The number of hydrogen-bond donors (Lipinski definition) is 3. The van der Waals surface area contributed by atoms with Crippen LogP contribution in [0.3, 0.4) is 0 Å². The number of ether oxygens (including phenoxy) is 1. The third-order valence-corrected chi connectivity index (χ3v) is 5.26. The number of aliphatic carboxylic acids is 1. The highest BCUT2D eigenvalue weighted by Crippen LogP contribution is 2.44. The first-order valence-electron chi connectivity index (χ1n) is 10.4. The Balaban J connectivity index is 1.42. The molecule has 0 aliphatic heterocycles. The zero-order chi connectivity index (χ0) is 22.4. The molecule has 0 atom stereocenters. The summed E-state index contributed by atoms with van der Waals surface area (Å²) in [6.07, 6.45) is -0.0590. The number of carboxylic acids is 1. The van der Waals surface area contributed by atoms with Crippen LogP contribution in [0.4, 0.5) is 4.79 Å². The fourth-order valence-corrected chi connectivity index (χ4v) is 3.95. The predicted octanol–water partition coefficient (Wildman–Crippen LogP) is 3.67. The van der Waals surface area contributed by atoms with Gasteiger partial charge in [-0.25, -0.2) is 4.79 Å². The molecular formula is C24H28N2O5. The molecule has 0 saturated carbocycles. The molecule has 7 heteroatoms. The van der Waals surface area contributed by atoms with Gasteiger partial charge in [0.05, 0.1) is 6.42 Å². The summed E-state index contributed by atoms with van der Waals surface area (Å²) in [5, 5.41) is 14.2. The Hall–Kier alpha value is -3.35. The standard InChI is InChI=1S/C24H28N2O5/c1-24(2,14-22(28)29)26-21(27)12-7-13-25-23(30)31-15-20-18-10-5-3-8-16(18)17-9-4-6-11-19(17)20/h3-6,8-11,20H,7,12-15H2,1-2H3,(H,25,30)(H,26,27)(H,28,29). The summed E-state index contributed by atoms with van der Waals surface area (Å²) in [6.45, 7) is 3.86. The maximum atomic E-state index is 12.1. The molecule has 2 aromatic carbocycles. The number of rotatable bonds is 9. The minimum atomic E-state index is -0.970. The van der Waals surface area contributed by atoms with Crippen molar-refractivity contribution in [3.63, 3.8) is 0 Å². The molecule has 0 bridgehead atoms. The van der Waals surface area contributed by atoms with Gasteiger partial charge in [-0.15, -0.1) is 0 Å². The van der Waals surface area contributed by atoms with Crippen LogP contribution >= 0.6 is 0 Å². The monoisotopic (exact) mass is 424 g/mol. The Bertz CT molecular complexity index is 924. The Morgan fingerprint density at radius 3 is 2.16 bits per heavy atom. The average molecular weight is 424 g/mol. The lowest BCUT2D eigenvalue weighted by Crippen LogP contribution is -2.45. The first-order chi connectivity index (χ1) is 14.8. The van der Waals surface area contributed by atoms with Crippen molar-refractivity contribution in [1.82, 2.24) is 10.6 Å². The molecule has 31 heavy (non-hydrogen) atoms. The molecule has 0 saturated heterocycles. The van der Waals surface area contributed by atoms with Crippen molar-refractivity contribution < 1.29 is 24.2 Å². The Labute approximate surface area is 181 Å². The number of carbonyl (C=O) groups excluding carboxylic acids is 2. The number of carbonyl (C=O) groups is 3. The van der Waals surface area contributed by atoms with Gasteiger partial charge in [-0.3, -0.25) is 9.59 Å². The summed E-state index contributed by atoms with van der Waals surface area (Å²) < 4.78 is 5.46. The van der Waals surface area contributed by atoms with Crippen LogP contribution in [-0.4, -0.2) is 41.8 Å². The van der Waals surface area contributed by atoms with E-state index in [1.54, 1.807) is 13.8 Å². The van der Waals surface area contributed by atoms with Crippen LogP contribution in [0.5, 0.6) is 0 Å². The first kappa shape index (κ1) is 22.3. The molecule has 7 nitrogen and oxygen atoms in total. The smallest absolute Gasteiger partial charge is 0.407 e. The predicted molar refractivity (Wildman–Crippen MR) is 117 cm³/mol. The number of benzene rings is 2. The highest BCUT2D eigenvalue weighted by atomic mass is 16.5. The van der Waals surface area contributed by atoms with Crippen LogP contribution in [0, 0.1) is 0 Å². The van der Waals surface area contributed by atoms with Crippen LogP contribution in [0.1, 0.15) is 50.2 Å². The van der Waals surface area contributed by atoms with E-state index in [2.05, 4.69) is 34.9 Å². The van der Waals surface area contributed by atoms with Crippen molar-refractivity contribution >= 4 is 18.0 Å². The quantitative estimate of drug-likeness (QED) is 0.533. The summed E-state index contributed by atoms with van der Waals surface area (Å²) in [6, 6.07) is 16.3. The molecule has 0 unspecified atom stereocenters. The van der Waals surface area contributed by atoms with Gasteiger partial charge in [0.25, 0.3) is 0 Å². The van der Waals surface area contributed by atoms with E-state index >= 15 is 0 Å². The van der Waals surface area contributed by atoms with Crippen LogP contribution in [0.2, 0.25) is 0 Å². The van der Waals surface area contributed by atoms with Gasteiger partial charge in [-0.2, -0.15) is 0 Å². The molecule has 1 aliphatic rings. The average Bonchev–Trinajstić information content (AvgIpc) is 3.02. The molecule has 3 rings (SSSR count). The summed E-state index contributed by atoms with van der Waals surface area (Å²) in [7, 11) is 0. The molecule has 0 heterocycles. The minimum Gasteiger partial charge on any atom is -0.481 e. The fraction of sp³-hybridized carbons (Fsp3) is 0.375. The lowest BCUT2D eigenvalue weighted by atomic mass is 9.98. The summed E-state index contributed by atoms with van der Waals surface area (Å²) in [5.41, 5.74) is 3.82. The van der Waals surface area contributed by atoms with Gasteiger partial charge in [0.15, 0.2) is 0 Å².